The van der Waals surface area contributed by atoms with Gasteiger partial charge >= 0.3 is 12.1 Å². The van der Waals surface area contributed by atoms with Crippen molar-refractivity contribution in [3.8, 4) is 0 Å². The van der Waals surface area contributed by atoms with Crippen molar-refractivity contribution >= 4 is 23.4 Å². The molecule has 2 heterocycles. The van der Waals surface area contributed by atoms with Gasteiger partial charge in [0.2, 0.25) is 0 Å². The van der Waals surface area contributed by atoms with Crippen molar-refractivity contribution in [3.05, 3.63) is 16.1 Å². The van der Waals surface area contributed by atoms with Gasteiger partial charge in [-0.2, -0.15) is 0 Å². The average molecular weight is 355 g/mol. The molecule has 7 nitrogen and oxygen atoms in total. The monoisotopic (exact) mass is 355 g/mol. The van der Waals surface area contributed by atoms with Gasteiger partial charge in [-0.25, -0.2) is 14.6 Å². The highest BCUT2D eigenvalue weighted by Gasteiger charge is 2.26. The summed E-state index contributed by atoms with van der Waals surface area (Å²) >= 11 is 1.36. The minimum atomic E-state index is -0.474. The Kier molecular flexibility index (Phi) is 6.17. The Hall–Kier alpha value is -1.67. The number of ether oxygens (including phenoxy) is 2. The van der Waals surface area contributed by atoms with Crippen molar-refractivity contribution < 1.29 is 19.1 Å². The number of carbonyl (C=O) groups excluding carboxylic acids is 2. The molecule has 0 radical (unpaired) electrons. The number of aromatic nitrogens is 1. The van der Waals surface area contributed by atoms with Crippen LogP contribution in [0.3, 0.4) is 0 Å². The summed E-state index contributed by atoms with van der Waals surface area (Å²) < 4.78 is 10.4. The Morgan fingerprint density at radius 1 is 1.25 bits per heavy atom. The quantitative estimate of drug-likeness (QED) is 0.772. The second-order valence-corrected chi connectivity index (χ2v) is 7.70. The standard InChI is InChI=1S/C16H25N3O4S/c1-5-22-14(20)12-10-17-13(24-12)11-18-6-8-19(9-7-18)15(21)23-16(2,3)4/h10H,5-9,11H2,1-4H3. The number of amides is 1. The van der Waals surface area contributed by atoms with Gasteiger partial charge in [-0.15, -0.1) is 11.3 Å². The summed E-state index contributed by atoms with van der Waals surface area (Å²) in [6.45, 7) is 11.2. The molecule has 2 rings (SSSR count). The molecule has 0 spiro atoms. The first-order valence-corrected chi connectivity index (χ1v) is 8.92. The van der Waals surface area contributed by atoms with Gasteiger partial charge in [0.25, 0.3) is 0 Å². The Morgan fingerprint density at radius 2 is 1.92 bits per heavy atom. The minimum absolute atomic E-state index is 0.263. The Labute approximate surface area is 146 Å². The third-order valence-corrected chi connectivity index (χ3v) is 4.38. The van der Waals surface area contributed by atoms with Crippen LogP contribution in [-0.4, -0.2) is 65.2 Å². The lowest BCUT2D eigenvalue weighted by Crippen LogP contribution is -2.49. The zero-order valence-corrected chi connectivity index (χ0v) is 15.5. The van der Waals surface area contributed by atoms with Crippen molar-refractivity contribution in [3.63, 3.8) is 0 Å². The van der Waals surface area contributed by atoms with Crippen LogP contribution >= 0.6 is 11.3 Å². The summed E-state index contributed by atoms with van der Waals surface area (Å²) in [5.41, 5.74) is -0.474. The van der Waals surface area contributed by atoms with E-state index in [9.17, 15) is 9.59 Å². The Morgan fingerprint density at radius 3 is 2.50 bits per heavy atom. The number of thiazole rings is 1. The van der Waals surface area contributed by atoms with Crippen molar-refractivity contribution in [2.45, 2.75) is 39.8 Å². The molecule has 1 amide bonds. The molecule has 0 atom stereocenters. The maximum absolute atomic E-state index is 12.0. The molecule has 1 fully saturated rings. The molecular formula is C16H25N3O4S. The van der Waals surface area contributed by atoms with Gasteiger partial charge < -0.3 is 14.4 Å². The molecule has 0 aliphatic carbocycles. The fourth-order valence-electron chi connectivity index (χ4n) is 2.29. The minimum Gasteiger partial charge on any atom is -0.462 e. The van der Waals surface area contributed by atoms with E-state index >= 15 is 0 Å². The van der Waals surface area contributed by atoms with Crippen molar-refractivity contribution in [2.75, 3.05) is 32.8 Å². The summed E-state index contributed by atoms with van der Waals surface area (Å²) in [6.07, 6.45) is 1.30. The van der Waals surface area contributed by atoms with Crippen LogP contribution < -0.4 is 0 Å². The highest BCUT2D eigenvalue weighted by Crippen LogP contribution is 2.18. The molecule has 134 valence electrons. The summed E-state index contributed by atoms with van der Waals surface area (Å²) in [6, 6.07) is 0. The van der Waals surface area contributed by atoms with Crippen LogP contribution in [0.2, 0.25) is 0 Å². The van der Waals surface area contributed by atoms with Gasteiger partial charge in [0.15, 0.2) is 0 Å². The van der Waals surface area contributed by atoms with Crippen LogP contribution in [0.4, 0.5) is 4.79 Å². The molecule has 1 aliphatic heterocycles. The second-order valence-electron chi connectivity index (χ2n) is 6.58. The van der Waals surface area contributed by atoms with Gasteiger partial charge in [-0.3, -0.25) is 4.90 Å². The molecule has 1 saturated heterocycles. The predicted octanol–water partition coefficient (Wildman–Crippen LogP) is 2.37. The Balaban J connectivity index is 1.81. The van der Waals surface area contributed by atoms with E-state index in [1.54, 1.807) is 18.0 Å². The smallest absolute Gasteiger partial charge is 0.410 e. The van der Waals surface area contributed by atoms with Gasteiger partial charge in [0.1, 0.15) is 15.5 Å². The molecule has 0 bridgehead atoms. The molecule has 0 N–H and O–H groups in total. The van der Waals surface area contributed by atoms with Gasteiger partial charge in [0.05, 0.1) is 19.3 Å². The lowest BCUT2D eigenvalue weighted by Gasteiger charge is -2.35. The molecule has 24 heavy (non-hydrogen) atoms. The number of nitrogens with zero attached hydrogens (tertiary/aromatic N) is 3. The molecular weight excluding hydrogens is 330 g/mol. The first-order chi connectivity index (χ1) is 11.3. The van der Waals surface area contributed by atoms with Crippen LogP contribution in [0.15, 0.2) is 6.20 Å². The van der Waals surface area contributed by atoms with Gasteiger partial charge in [-0.1, -0.05) is 0 Å². The Bertz CT molecular complexity index is 574. The third kappa shape index (κ3) is 5.45. The third-order valence-electron chi connectivity index (χ3n) is 3.41. The van der Waals surface area contributed by atoms with Crippen molar-refractivity contribution in [1.82, 2.24) is 14.8 Å². The van der Waals surface area contributed by atoms with Crippen LogP contribution in [0.25, 0.3) is 0 Å². The maximum atomic E-state index is 12.0. The second kappa shape index (κ2) is 7.94. The fraction of sp³-hybridized carbons (Fsp3) is 0.688. The number of rotatable bonds is 4. The molecule has 0 aromatic carbocycles. The van der Waals surface area contributed by atoms with E-state index in [4.69, 9.17) is 9.47 Å². The van der Waals surface area contributed by atoms with Crippen molar-refractivity contribution in [2.24, 2.45) is 0 Å². The highest BCUT2D eigenvalue weighted by atomic mass is 32.1. The van der Waals surface area contributed by atoms with Crippen LogP contribution in [-0.2, 0) is 16.0 Å². The van der Waals surface area contributed by atoms with E-state index in [1.165, 1.54) is 11.3 Å². The number of hydrogen-bond donors (Lipinski definition) is 0. The molecule has 1 aliphatic rings. The van der Waals surface area contributed by atoms with Crippen molar-refractivity contribution in [1.29, 1.82) is 0 Å². The largest absolute Gasteiger partial charge is 0.462 e. The summed E-state index contributed by atoms with van der Waals surface area (Å²) in [5, 5.41) is 0.878. The zero-order valence-electron chi connectivity index (χ0n) is 14.7. The van der Waals surface area contributed by atoms with Gasteiger partial charge in [0, 0.05) is 26.2 Å². The normalized spacial score (nSPS) is 16.1. The van der Waals surface area contributed by atoms with E-state index in [1.807, 2.05) is 20.8 Å². The van der Waals surface area contributed by atoms with Gasteiger partial charge in [-0.05, 0) is 27.7 Å². The molecule has 1 aromatic heterocycles. The SMILES string of the molecule is CCOC(=O)c1cnc(CN2CCN(C(=O)OC(C)(C)C)CC2)s1. The number of esters is 1. The number of piperazine rings is 1. The first kappa shape index (κ1) is 18.7. The van der Waals surface area contributed by atoms with E-state index in [0.717, 1.165) is 18.1 Å². The predicted molar refractivity (Wildman–Crippen MR) is 91.2 cm³/mol. The first-order valence-electron chi connectivity index (χ1n) is 8.10. The maximum Gasteiger partial charge on any atom is 0.410 e. The average Bonchev–Trinajstić information content (AvgIpc) is 2.95. The topological polar surface area (TPSA) is 72.0 Å². The molecule has 1 aromatic rings. The summed E-state index contributed by atoms with van der Waals surface area (Å²) in [5.74, 6) is -0.323. The van der Waals surface area contributed by atoms with Crippen LogP contribution in [0.5, 0.6) is 0 Å². The van der Waals surface area contributed by atoms with E-state index in [-0.39, 0.29) is 12.1 Å². The molecule has 0 saturated carbocycles. The lowest BCUT2D eigenvalue weighted by molar-refractivity contribution is 0.0139. The van der Waals surface area contributed by atoms with Crippen LogP contribution in [0.1, 0.15) is 42.4 Å². The van der Waals surface area contributed by atoms with E-state index in [0.29, 0.717) is 31.1 Å². The highest BCUT2D eigenvalue weighted by molar-refractivity contribution is 7.13. The lowest BCUT2D eigenvalue weighted by atomic mass is 10.2. The number of carbonyl (C=O) groups is 2. The zero-order chi connectivity index (χ0) is 17.7. The number of hydrogen-bond acceptors (Lipinski definition) is 7. The summed E-state index contributed by atoms with van der Waals surface area (Å²) in [4.78, 5) is 32.5. The van der Waals surface area contributed by atoms with Crippen LogP contribution in [0, 0.1) is 0 Å². The fourth-order valence-corrected chi connectivity index (χ4v) is 3.14. The molecule has 8 heteroatoms. The van der Waals surface area contributed by atoms with E-state index < -0.39 is 5.60 Å². The van der Waals surface area contributed by atoms with E-state index in [2.05, 4.69) is 9.88 Å². The summed E-state index contributed by atoms with van der Waals surface area (Å²) in [7, 11) is 0. The molecule has 0 unspecified atom stereocenters.